The maximum Gasteiger partial charge on any atom is 0.270 e. The molecule has 0 saturated carbocycles. The zero-order valence-corrected chi connectivity index (χ0v) is 14.8. The summed E-state index contributed by atoms with van der Waals surface area (Å²) < 4.78 is 5.01. The number of nitrogens with one attached hydrogen (secondary N) is 1. The van der Waals surface area contributed by atoms with Crippen molar-refractivity contribution >= 4 is 34.3 Å². The van der Waals surface area contributed by atoms with Gasteiger partial charge in [-0.2, -0.15) is 5.26 Å². The van der Waals surface area contributed by atoms with Crippen LogP contribution in [0.15, 0.2) is 29.0 Å². The molecule has 126 valence electrons. The third kappa shape index (κ3) is 3.60. The van der Waals surface area contributed by atoms with E-state index in [0.717, 1.165) is 15.6 Å². The van der Waals surface area contributed by atoms with Gasteiger partial charge in [0.2, 0.25) is 5.88 Å². The highest BCUT2D eigenvalue weighted by Crippen LogP contribution is 2.27. The number of hydrogen-bond donors (Lipinski definition) is 2. The van der Waals surface area contributed by atoms with Gasteiger partial charge in [0.15, 0.2) is 0 Å². The summed E-state index contributed by atoms with van der Waals surface area (Å²) >= 11 is 3.14. The Kier molecular flexibility index (Phi) is 4.92. The first-order chi connectivity index (χ1) is 12.1. The standard InChI is InChI=1S/C16H13N5O2S2/c1-23-15-10(6-17)11(18)5-12(21-15)14(22)19-7-9-8-25-16(20-9)13-3-2-4-24-13/h2-5,8H,7H2,1H3,(H2,18,21)(H,19,22). The predicted molar refractivity (Wildman–Crippen MR) is 96.5 cm³/mol. The summed E-state index contributed by atoms with van der Waals surface area (Å²) in [7, 11) is 1.37. The number of amides is 1. The van der Waals surface area contributed by atoms with Crippen molar-refractivity contribution in [1.82, 2.24) is 15.3 Å². The zero-order chi connectivity index (χ0) is 17.8. The monoisotopic (exact) mass is 371 g/mol. The number of anilines is 1. The lowest BCUT2D eigenvalue weighted by atomic mass is 10.2. The quantitative estimate of drug-likeness (QED) is 0.713. The van der Waals surface area contributed by atoms with Crippen molar-refractivity contribution in [3.05, 3.63) is 45.9 Å². The van der Waals surface area contributed by atoms with Gasteiger partial charge in [-0.1, -0.05) is 6.07 Å². The number of hydrogen-bond acceptors (Lipinski definition) is 8. The van der Waals surface area contributed by atoms with Crippen molar-refractivity contribution in [2.45, 2.75) is 6.54 Å². The molecule has 25 heavy (non-hydrogen) atoms. The van der Waals surface area contributed by atoms with Crippen LogP contribution in [0.5, 0.6) is 5.88 Å². The molecule has 0 aliphatic carbocycles. The van der Waals surface area contributed by atoms with E-state index in [1.807, 2.05) is 29.0 Å². The molecule has 0 aromatic carbocycles. The summed E-state index contributed by atoms with van der Waals surface area (Å²) in [6.07, 6.45) is 0. The third-order valence-electron chi connectivity index (χ3n) is 3.27. The molecule has 0 atom stereocenters. The van der Waals surface area contributed by atoms with Crippen LogP contribution in [-0.2, 0) is 6.54 Å². The Labute approximate surface area is 151 Å². The maximum absolute atomic E-state index is 12.3. The Morgan fingerprint density at radius 3 is 2.96 bits per heavy atom. The summed E-state index contributed by atoms with van der Waals surface area (Å²) in [5, 5.41) is 16.6. The Balaban J connectivity index is 1.71. The topological polar surface area (TPSA) is 114 Å². The third-order valence-corrected chi connectivity index (χ3v) is 5.20. The van der Waals surface area contributed by atoms with Crippen molar-refractivity contribution < 1.29 is 9.53 Å². The number of nitrogens with two attached hydrogens (primary N) is 1. The van der Waals surface area contributed by atoms with Crippen molar-refractivity contribution in [3.8, 4) is 21.8 Å². The van der Waals surface area contributed by atoms with Gasteiger partial charge in [0.05, 0.1) is 29.9 Å². The fourth-order valence-electron chi connectivity index (χ4n) is 2.08. The molecule has 0 saturated heterocycles. The normalized spacial score (nSPS) is 10.2. The number of pyridine rings is 1. The Bertz CT molecular complexity index is 944. The molecule has 3 aromatic rings. The van der Waals surface area contributed by atoms with E-state index in [9.17, 15) is 4.79 Å². The van der Waals surface area contributed by atoms with Crippen molar-refractivity contribution in [2.24, 2.45) is 0 Å². The Morgan fingerprint density at radius 1 is 1.44 bits per heavy atom. The predicted octanol–water partition coefficient (Wildman–Crippen LogP) is 2.66. The second-order valence-corrected chi connectivity index (χ2v) is 6.70. The second kappa shape index (κ2) is 7.29. The number of methoxy groups -OCH3 is 1. The number of rotatable bonds is 5. The molecule has 1 amide bonds. The first kappa shape index (κ1) is 16.9. The minimum Gasteiger partial charge on any atom is -0.480 e. The van der Waals surface area contributed by atoms with Crippen LogP contribution < -0.4 is 15.8 Å². The highest BCUT2D eigenvalue weighted by atomic mass is 32.1. The van der Waals surface area contributed by atoms with Gasteiger partial charge in [0.1, 0.15) is 22.3 Å². The van der Waals surface area contributed by atoms with Crippen LogP contribution in [0, 0.1) is 11.3 Å². The molecule has 0 unspecified atom stereocenters. The number of thiophene rings is 1. The number of nitrogen functional groups attached to an aromatic ring is 1. The largest absolute Gasteiger partial charge is 0.480 e. The lowest BCUT2D eigenvalue weighted by molar-refractivity contribution is 0.0944. The first-order valence-corrected chi connectivity index (χ1v) is 8.89. The summed E-state index contributed by atoms with van der Waals surface area (Å²) in [6.45, 7) is 0.268. The number of ether oxygens (including phenoxy) is 1. The number of thiazole rings is 1. The zero-order valence-electron chi connectivity index (χ0n) is 13.1. The average Bonchev–Trinajstić information content (AvgIpc) is 3.29. The van der Waals surface area contributed by atoms with Crippen molar-refractivity contribution in [3.63, 3.8) is 0 Å². The van der Waals surface area contributed by atoms with Gasteiger partial charge in [-0.05, 0) is 17.5 Å². The van der Waals surface area contributed by atoms with Gasteiger partial charge in [0.25, 0.3) is 5.91 Å². The van der Waals surface area contributed by atoms with Gasteiger partial charge in [-0.15, -0.1) is 22.7 Å². The van der Waals surface area contributed by atoms with Crippen LogP contribution in [0.1, 0.15) is 21.7 Å². The van der Waals surface area contributed by atoms with Crippen LogP contribution in [0.3, 0.4) is 0 Å². The highest BCUT2D eigenvalue weighted by molar-refractivity contribution is 7.20. The van der Waals surface area contributed by atoms with Gasteiger partial charge >= 0.3 is 0 Å². The molecule has 3 rings (SSSR count). The van der Waals surface area contributed by atoms with Crippen LogP contribution in [0.25, 0.3) is 9.88 Å². The van der Waals surface area contributed by atoms with Crippen LogP contribution in [0.2, 0.25) is 0 Å². The van der Waals surface area contributed by atoms with Crippen LogP contribution in [-0.4, -0.2) is 23.0 Å². The van der Waals surface area contributed by atoms with Crippen molar-refractivity contribution in [2.75, 3.05) is 12.8 Å². The van der Waals surface area contributed by atoms with Gasteiger partial charge in [0, 0.05) is 5.38 Å². The molecular weight excluding hydrogens is 358 g/mol. The maximum atomic E-state index is 12.3. The van der Waals surface area contributed by atoms with Crippen LogP contribution in [0.4, 0.5) is 5.69 Å². The number of nitrogens with zero attached hydrogens (tertiary/aromatic N) is 3. The number of aromatic nitrogens is 2. The molecule has 0 fully saturated rings. The van der Waals surface area contributed by atoms with Gasteiger partial charge in [-0.25, -0.2) is 9.97 Å². The summed E-state index contributed by atoms with van der Waals surface area (Å²) in [5.74, 6) is -0.388. The molecule has 0 aliphatic heterocycles. The number of carbonyl (C=O) groups is 1. The average molecular weight is 371 g/mol. The molecule has 3 heterocycles. The van der Waals surface area contributed by atoms with E-state index < -0.39 is 5.91 Å². The molecular formula is C16H13N5O2S2. The lowest BCUT2D eigenvalue weighted by Gasteiger charge is -2.08. The van der Waals surface area contributed by atoms with E-state index in [-0.39, 0.29) is 29.4 Å². The fourth-order valence-corrected chi connectivity index (χ4v) is 3.71. The fraction of sp³-hybridized carbons (Fsp3) is 0.125. The molecule has 0 bridgehead atoms. The molecule has 9 heteroatoms. The van der Waals surface area contributed by atoms with E-state index in [1.54, 1.807) is 11.3 Å². The first-order valence-electron chi connectivity index (χ1n) is 7.13. The highest BCUT2D eigenvalue weighted by Gasteiger charge is 2.16. The second-order valence-electron chi connectivity index (χ2n) is 4.90. The van der Waals surface area contributed by atoms with Crippen molar-refractivity contribution in [1.29, 1.82) is 5.26 Å². The van der Waals surface area contributed by atoms with Gasteiger partial charge in [-0.3, -0.25) is 4.79 Å². The molecule has 0 aliphatic rings. The summed E-state index contributed by atoms with van der Waals surface area (Å²) in [6, 6.07) is 7.23. The smallest absolute Gasteiger partial charge is 0.270 e. The number of nitriles is 1. The SMILES string of the molecule is COc1nc(C(=O)NCc2csc(-c3cccs3)n2)cc(N)c1C#N. The van der Waals surface area contributed by atoms with E-state index >= 15 is 0 Å². The van der Waals surface area contributed by atoms with Gasteiger partial charge < -0.3 is 15.8 Å². The van der Waals surface area contributed by atoms with E-state index in [0.29, 0.717) is 0 Å². The molecule has 0 spiro atoms. The summed E-state index contributed by atoms with van der Waals surface area (Å²) in [4.78, 5) is 21.9. The molecule has 3 aromatic heterocycles. The van der Waals surface area contributed by atoms with E-state index in [4.69, 9.17) is 15.7 Å². The molecule has 0 radical (unpaired) electrons. The van der Waals surface area contributed by atoms with Crippen LogP contribution >= 0.6 is 22.7 Å². The Hall–Kier alpha value is -2.96. The summed E-state index contributed by atoms with van der Waals surface area (Å²) in [5.41, 5.74) is 6.88. The minimum absolute atomic E-state index is 0.0290. The Morgan fingerprint density at radius 2 is 2.28 bits per heavy atom. The molecule has 7 nitrogen and oxygen atoms in total. The van der Waals surface area contributed by atoms with E-state index in [1.165, 1.54) is 24.5 Å². The molecule has 3 N–H and O–H groups in total. The lowest BCUT2D eigenvalue weighted by Crippen LogP contribution is -2.24. The number of carbonyl (C=O) groups excluding carboxylic acids is 1. The minimum atomic E-state index is -0.417. The van der Waals surface area contributed by atoms with E-state index in [2.05, 4.69) is 15.3 Å².